The van der Waals surface area contributed by atoms with Crippen LogP contribution in [0.3, 0.4) is 0 Å². The highest BCUT2D eigenvalue weighted by atomic mass is 16.3. The lowest BCUT2D eigenvalue weighted by Gasteiger charge is -2.08. The Morgan fingerprint density at radius 2 is 1.61 bits per heavy atom. The van der Waals surface area contributed by atoms with Gasteiger partial charge in [0.2, 0.25) is 5.91 Å². The number of furan rings is 1. The SMILES string of the molecule is O=C(/C=C/c1ccc(C(=O)NC2CC2)cc1)Nc1ccc(NC(=O)NCc2ccco2)cc1. The normalized spacial score (nSPS) is 12.8. The van der Waals surface area contributed by atoms with Crippen LogP contribution in [0.1, 0.15) is 34.5 Å². The first kappa shape index (κ1) is 21.9. The van der Waals surface area contributed by atoms with E-state index in [0.29, 0.717) is 28.7 Å². The lowest BCUT2D eigenvalue weighted by atomic mass is 10.1. The van der Waals surface area contributed by atoms with Gasteiger partial charge in [0.05, 0.1) is 12.8 Å². The average Bonchev–Trinajstić information content (AvgIpc) is 3.48. The average molecular weight is 444 g/mol. The number of nitrogens with one attached hydrogen (secondary N) is 4. The summed E-state index contributed by atoms with van der Waals surface area (Å²) < 4.78 is 5.16. The minimum absolute atomic E-state index is 0.0706. The molecule has 4 amide bonds. The van der Waals surface area contributed by atoms with E-state index in [1.54, 1.807) is 73.0 Å². The highest BCUT2D eigenvalue weighted by Gasteiger charge is 2.23. The molecule has 2 aromatic carbocycles. The first-order chi connectivity index (χ1) is 16.0. The van der Waals surface area contributed by atoms with E-state index >= 15 is 0 Å². The number of carbonyl (C=O) groups excluding carboxylic acids is 3. The second-order valence-electron chi connectivity index (χ2n) is 7.66. The molecule has 1 heterocycles. The summed E-state index contributed by atoms with van der Waals surface area (Å²) in [5, 5.41) is 11.1. The van der Waals surface area contributed by atoms with E-state index in [2.05, 4.69) is 21.3 Å². The molecule has 1 aliphatic rings. The van der Waals surface area contributed by atoms with Gasteiger partial charge >= 0.3 is 6.03 Å². The third-order valence-electron chi connectivity index (χ3n) is 4.93. The molecule has 1 aromatic heterocycles. The second-order valence-corrected chi connectivity index (χ2v) is 7.66. The van der Waals surface area contributed by atoms with Gasteiger partial charge < -0.3 is 25.7 Å². The number of carbonyl (C=O) groups is 3. The highest BCUT2D eigenvalue weighted by molar-refractivity contribution is 6.02. The molecule has 8 nitrogen and oxygen atoms in total. The van der Waals surface area contributed by atoms with Gasteiger partial charge in [-0.05, 0) is 73.0 Å². The smallest absolute Gasteiger partial charge is 0.319 e. The van der Waals surface area contributed by atoms with Crippen LogP contribution in [-0.4, -0.2) is 23.9 Å². The van der Waals surface area contributed by atoms with Crippen molar-refractivity contribution in [3.8, 4) is 0 Å². The fourth-order valence-electron chi connectivity index (χ4n) is 2.99. The van der Waals surface area contributed by atoms with E-state index in [0.717, 1.165) is 18.4 Å². The molecule has 0 aliphatic heterocycles. The fraction of sp³-hybridized carbons (Fsp3) is 0.160. The molecule has 1 saturated carbocycles. The van der Waals surface area contributed by atoms with Crippen LogP contribution in [0.4, 0.5) is 16.2 Å². The Labute approximate surface area is 191 Å². The Balaban J connectivity index is 1.23. The molecule has 4 rings (SSSR count). The van der Waals surface area contributed by atoms with Crippen LogP contribution in [0, 0.1) is 0 Å². The Morgan fingerprint density at radius 3 is 2.24 bits per heavy atom. The van der Waals surface area contributed by atoms with Crippen molar-refractivity contribution in [2.75, 3.05) is 10.6 Å². The summed E-state index contributed by atoms with van der Waals surface area (Å²) in [5.74, 6) is 0.299. The molecular weight excluding hydrogens is 420 g/mol. The topological polar surface area (TPSA) is 112 Å². The lowest BCUT2D eigenvalue weighted by Crippen LogP contribution is -2.27. The number of hydrogen-bond donors (Lipinski definition) is 4. The van der Waals surface area contributed by atoms with Crippen LogP contribution in [0.2, 0.25) is 0 Å². The van der Waals surface area contributed by atoms with Gasteiger partial charge in [-0.2, -0.15) is 0 Å². The standard InChI is InChI=1S/C25H24N4O4/c30-23(14-5-17-3-6-18(7-4-17)24(31)28-20-10-11-20)27-19-8-12-21(13-9-19)29-25(32)26-16-22-2-1-15-33-22/h1-9,12-15,20H,10-11,16H2,(H,27,30)(H,28,31)(H2,26,29,32)/b14-5+. The maximum Gasteiger partial charge on any atom is 0.319 e. The zero-order valence-corrected chi connectivity index (χ0v) is 17.8. The molecule has 0 atom stereocenters. The van der Waals surface area contributed by atoms with Crippen molar-refractivity contribution < 1.29 is 18.8 Å². The monoisotopic (exact) mass is 444 g/mol. The molecule has 0 bridgehead atoms. The van der Waals surface area contributed by atoms with E-state index in [1.807, 2.05) is 0 Å². The second kappa shape index (κ2) is 10.3. The molecule has 8 heteroatoms. The summed E-state index contributed by atoms with van der Waals surface area (Å²) in [6, 6.07) is 17.3. The van der Waals surface area contributed by atoms with E-state index in [9.17, 15) is 14.4 Å². The predicted molar refractivity (Wildman–Crippen MR) is 126 cm³/mol. The number of amides is 4. The molecule has 33 heavy (non-hydrogen) atoms. The van der Waals surface area contributed by atoms with Crippen LogP contribution >= 0.6 is 0 Å². The van der Waals surface area contributed by atoms with Gasteiger partial charge in [0, 0.05) is 29.1 Å². The third kappa shape index (κ3) is 6.83. The number of urea groups is 1. The highest BCUT2D eigenvalue weighted by Crippen LogP contribution is 2.19. The van der Waals surface area contributed by atoms with Crippen molar-refractivity contribution in [1.29, 1.82) is 0 Å². The van der Waals surface area contributed by atoms with Crippen molar-refractivity contribution >= 4 is 35.3 Å². The van der Waals surface area contributed by atoms with Crippen LogP contribution in [0.25, 0.3) is 6.08 Å². The summed E-state index contributed by atoms with van der Waals surface area (Å²) in [6.45, 7) is 0.287. The van der Waals surface area contributed by atoms with Crippen LogP contribution < -0.4 is 21.3 Å². The van der Waals surface area contributed by atoms with Gasteiger partial charge in [0.1, 0.15) is 5.76 Å². The van der Waals surface area contributed by atoms with Crippen molar-refractivity contribution in [2.45, 2.75) is 25.4 Å². The number of hydrogen-bond acceptors (Lipinski definition) is 4. The maximum absolute atomic E-state index is 12.2. The summed E-state index contributed by atoms with van der Waals surface area (Å²) >= 11 is 0. The number of benzene rings is 2. The Bertz CT molecular complexity index is 1130. The van der Waals surface area contributed by atoms with E-state index < -0.39 is 0 Å². The van der Waals surface area contributed by atoms with Crippen molar-refractivity contribution in [3.05, 3.63) is 89.9 Å². The van der Waals surface area contributed by atoms with E-state index in [4.69, 9.17) is 4.42 Å². The van der Waals surface area contributed by atoms with Gasteiger partial charge in [-0.15, -0.1) is 0 Å². The summed E-state index contributed by atoms with van der Waals surface area (Å²) in [5.41, 5.74) is 2.60. The Kier molecular flexibility index (Phi) is 6.84. The maximum atomic E-state index is 12.2. The van der Waals surface area contributed by atoms with Gasteiger partial charge in [0.25, 0.3) is 5.91 Å². The molecule has 0 radical (unpaired) electrons. The first-order valence-corrected chi connectivity index (χ1v) is 10.6. The molecule has 1 fully saturated rings. The first-order valence-electron chi connectivity index (χ1n) is 10.6. The van der Waals surface area contributed by atoms with Crippen molar-refractivity contribution in [1.82, 2.24) is 10.6 Å². The molecule has 0 spiro atoms. The molecule has 3 aromatic rings. The Hall–Kier alpha value is -4.33. The Morgan fingerprint density at radius 1 is 0.909 bits per heavy atom. The lowest BCUT2D eigenvalue weighted by molar-refractivity contribution is -0.111. The van der Waals surface area contributed by atoms with Crippen LogP contribution in [0.5, 0.6) is 0 Å². The largest absolute Gasteiger partial charge is 0.467 e. The molecular formula is C25H24N4O4. The van der Waals surface area contributed by atoms with Gasteiger partial charge in [0.15, 0.2) is 0 Å². The molecule has 0 saturated heterocycles. The number of anilines is 2. The summed E-state index contributed by atoms with van der Waals surface area (Å²) in [7, 11) is 0. The van der Waals surface area contributed by atoms with Crippen molar-refractivity contribution in [2.24, 2.45) is 0 Å². The van der Waals surface area contributed by atoms with Crippen molar-refractivity contribution in [3.63, 3.8) is 0 Å². The molecule has 168 valence electrons. The quantitative estimate of drug-likeness (QED) is 0.391. The third-order valence-corrected chi connectivity index (χ3v) is 4.93. The van der Waals surface area contributed by atoms with E-state index in [-0.39, 0.29) is 24.4 Å². The minimum atomic E-state index is -0.359. The van der Waals surface area contributed by atoms with Gasteiger partial charge in [-0.25, -0.2) is 4.79 Å². The zero-order valence-electron chi connectivity index (χ0n) is 17.8. The summed E-state index contributed by atoms with van der Waals surface area (Å²) in [4.78, 5) is 36.1. The molecule has 1 aliphatic carbocycles. The van der Waals surface area contributed by atoms with Crippen LogP contribution in [0.15, 0.2) is 77.4 Å². The summed E-state index contributed by atoms with van der Waals surface area (Å²) in [6.07, 6.45) is 6.74. The van der Waals surface area contributed by atoms with Crippen LogP contribution in [-0.2, 0) is 11.3 Å². The number of rotatable bonds is 8. The molecule has 4 N–H and O–H groups in total. The molecule has 0 unspecified atom stereocenters. The van der Waals surface area contributed by atoms with Gasteiger partial charge in [-0.1, -0.05) is 12.1 Å². The fourth-order valence-corrected chi connectivity index (χ4v) is 2.99. The van der Waals surface area contributed by atoms with Gasteiger partial charge in [-0.3, -0.25) is 9.59 Å². The van der Waals surface area contributed by atoms with E-state index in [1.165, 1.54) is 6.08 Å². The zero-order chi connectivity index (χ0) is 23.0. The minimum Gasteiger partial charge on any atom is -0.467 e. The predicted octanol–water partition coefficient (Wildman–Crippen LogP) is 4.15.